The summed E-state index contributed by atoms with van der Waals surface area (Å²) < 4.78 is 58.1. The van der Waals surface area contributed by atoms with Crippen LogP contribution >= 0.6 is 0 Å². The monoisotopic (exact) mass is 493 g/mol. The topological polar surface area (TPSA) is 119 Å². The van der Waals surface area contributed by atoms with Gasteiger partial charge in [-0.3, -0.25) is 4.79 Å². The highest BCUT2D eigenvalue weighted by molar-refractivity contribution is 7.93. The number of carbonyl (C=O) groups excluding carboxylic acids is 1. The van der Waals surface area contributed by atoms with E-state index in [4.69, 9.17) is 28.4 Å². The van der Waals surface area contributed by atoms with E-state index in [-0.39, 0.29) is 0 Å². The van der Waals surface area contributed by atoms with Gasteiger partial charge in [0.05, 0.1) is 48.1 Å². The maximum Gasteiger partial charge on any atom is 0.257 e. The predicted octanol–water partition coefficient (Wildman–Crippen LogP) is 2.87. The number of rotatable bonds is 11. The lowest BCUT2D eigenvalue weighted by Gasteiger charge is -2.13. The van der Waals surface area contributed by atoms with Crippen LogP contribution in [0.1, 0.15) is 11.1 Å². The van der Waals surface area contributed by atoms with Crippen LogP contribution in [0.15, 0.2) is 35.7 Å². The SMILES string of the molecule is COc1cc(/C=C\S(=O)(=O)NC(=O)/C=C/c2cc(OC)c(OC)c(OC)c2)cc(OC)c1OC. The second-order valence-corrected chi connectivity index (χ2v) is 8.13. The summed E-state index contributed by atoms with van der Waals surface area (Å²) in [6.07, 6.45) is 3.78. The number of methoxy groups -OCH3 is 6. The van der Waals surface area contributed by atoms with Crippen molar-refractivity contribution >= 4 is 28.1 Å². The fourth-order valence-corrected chi connectivity index (χ4v) is 3.70. The summed E-state index contributed by atoms with van der Waals surface area (Å²) in [7, 11) is 4.66. The Morgan fingerprint density at radius 1 is 0.676 bits per heavy atom. The van der Waals surface area contributed by atoms with Crippen LogP contribution in [0, 0.1) is 0 Å². The molecule has 0 atom stereocenters. The van der Waals surface area contributed by atoms with E-state index < -0.39 is 15.9 Å². The van der Waals surface area contributed by atoms with Crippen LogP contribution in [0.5, 0.6) is 34.5 Å². The van der Waals surface area contributed by atoms with Gasteiger partial charge in [-0.1, -0.05) is 0 Å². The molecule has 0 fully saturated rings. The molecule has 0 radical (unpaired) electrons. The zero-order valence-corrected chi connectivity index (χ0v) is 20.5. The Kier molecular flexibility index (Phi) is 9.19. The predicted molar refractivity (Wildman–Crippen MR) is 127 cm³/mol. The summed E-state index contributed by atoms with van der Waals surface area (Å²) in [4.78, 5) is 12.2. The molecule has 2 aromatic rings. The third-order valence-electron chi connectivity index (χ3n) is 4.48. The number of benzene rings is 2. The van der Waals surface area contributed by atoms with E-state index >= 15 is 0 Å². The molecular weight excluding hydrogens is 466 g/mol. The number of sulfonamides is 1. The maximum absolute atomic E-state index is 12.3. The van der Waals surface area contributed by atoms with Crippen molar-refractivity contribution in [3.05, 3.63) is 46.9 Å². The molecule has 2 aromatic carbocycles. The Hall–Kier alpha value is -3.86. The third kappa shape index (κ3) is 6.58. The average molecular weight is 494 g/mol. The molecule has 0 aliphatic heterocycles. The molecule has 0 spiro atoms. The number of amides is 1. The first kappa shape index (κ1) is 26.4. The summed E-state index contributed by atoms with van der Waals surface area (Å²) in [5.41, 5.74) is 0.996. The Bertz CT molecular complexity index is 1140. The molecule has 0 aliphatic carbocycles. The van der Waals surface area contributed by atoms with Gasteiger partial charge in [0.1, 0.15) is 0 Å². The van der Waals surface area contributed by atoms with E-state index in [1.165, 1.54) is 54.8 Å². The van der Waals surface area contributed by atoms with Crippen LogP contribution in [0.4, 0.5) is 0 Å². The normalized spacial score (nSPS) is 11.4. The molecule has 11 heteroatoms. The lowest BCUT2D eigenvalue weighted by atomic mass is 10.1. The minimum atomic E-state index is -4.09. The van der Waals surface area contributed by atoms with Gasteiger partial charge in [0.25, 0.3) is 15.9 Å². The summed E-state index contributed by atoms with van der Waals surface area (Å²) in [6, 6.07) is 6.37. The Labute approximate surface area is 198 Å². The molecule has 0 aliphatic rings. The van der Waals surface area contributed by atoms with Crippen LogP contribution < -0.4 is 33.1 Å². The van der Waals surface area contributed by atoms with Crippen molar-refractivity contribution < 1.29 is 41.6 Å². The highest BCUT2D eigenvalue weighted by Gasteiger charge is 2.15. The molecule has 0 heterocycles. The van der Waals surface area contributed by atoms with E-state index in [2.05, 4.69) is 0 Å². The van der Waals surface area contributed by atoms with Gasteiger partial charge in [-0.25, -0.2) is 13.1 Å². The first-order valence-corrected chi connectivity index (χ1v) is 11.3. The Morgan fingerprint density at radius 3 is 1.41 bits per heavy atom. The molecule has 0 saturated carbocycles. The lowest BCUT2D eigenvalue weighted by Crippen LogP contribution is -2.26. The molecule has 0 bridgehead atoms. The molecule has 34 heavy (non-hydrogen) atoms. The highest BCUT2D eigenvalue weighted by atomic mass is 32.2. The second-order valence-electron chi connectivity index (χ2n) is 6.56. The number of carbonyl (C=O) groups is 1. The van der Waals surface area contributed by atoms with Gasteiger partial charge in [-0.05, 0) is 47.5 Å². The van der Waals surface area contributed by atoms with E-state index in [0.717, 1.165) is 11.5 Å². The van der Waals surface area contributed by atoms with Gasteiger partial charge >= 0.3 is 0 Å². The van der Waals surface area contributed by atoms with Crippen LogP contribution in [-0.4, -0.2) is 57.0 Å². The molecular formula is C23H27NO9S. The van der Waals surface area contributed by atoms with Crippen molar-refractivity contribution in [2.24, 2.45) is 0 Å². The Morgan fingerprint density at radius 2 is 1.06 bits per heavy atom. The molecule has 0 aromatic heterocycles. The fraction of sp³-hybridized carbons (Fsp3) is 0.261. The van der Waals surface area contributed by atoms with Gasteiger partial charge < -0.3 is 28.4 Å². The van der Waals surface area contributed by atoms with Crippen LogP contribution in [0.25, 0.3) is 12.2 Å². The minimum Gasteiger partial charge on any atom is -0.493 e. The molecule has 184 valence electrons. The van der Waals surface area contributed by atoms with Crippen LogP contribution in [0.2, 0.25) is 0 Å². The molecule has 1 N–H and O–H groups in total. The average Bonchev–Trinajstić information content (AvgIpc) is 2.84. The zero-order chi connectivity index (χ0) is 25.3. The minimum absolute atomic E-state index is 0.358. The summed E-state index contributed by atoms with van der Waals surface area (Å²) in [5, 5.41) is 0.860. The van der Waals surface area contributed by atoms with Crippen molar-refractivity contribution in [2.45, 2.75) is 0 Å². The van der Waals surface area contributed by atoms with E-state index in [9.17, 15) is 13.2 Å². The molecule has 0 saturated heterocycles. The lowest BCUT2D eigenvalue weighted by molar-refractivity contribution is -0.114. The largest absolute Gasteiger partial charge is 0.493 e. The van der Waals surface area contributed by atoms with Gasteiger partial charge in [0, 0.05) is 6.08 Å². The van der Waals surface area contributed by atoms with Crippen LogP contribution in [0.3, 0.4) is 0 Å². The first-order chi connectivity index (χ1) is 16.2. The number of ether oxygens (including phenoxy) is 6. The number of hydrogen-bond acceptors (Lipinski definition) is 9. The van der Waals surface area contributed by atoms with Crippen molar-refractivity contribution in [3.8, 4) is 34.5 Å². The molecule has 1 amide bonds. The van der Waals surface area contributed by atoms with Crippen molar-refractivity contribution in [3.63, 3.8) is 0 Å². The number of hydrogen-bond donors (Lipinski definition) is 1. The summed E-state index contributed by atoms with van der Waals surface area (Å²) in [6.45, 7) is 0. The van der Waals surface area contributed by atoms with Crippen molar-refractivity contribution in [1.82, 2.24) is 4.72 Å². The van der Waals surface area contributed by atoms with Gasteiger partial charge in [-0.15, -0.1) is 0 Å². The van der Waals surface area contributed by atoms with Crippen LogP contribution in [-0.2, 0) is 14.8 Å². The van der Waals surface area contributed by atoms with E-state index in [0.29, 0.717) is 45.6 Å². The smallest absolute Gasteiger partial charge is 0.257 e. The second kappa shape index (κ2) is 11.8. The van der Waals surface area contributed by atoms with Gasteiger partial charge in [0.15, 0.2) is 23.0 Å². The number of nitrogens with one attached hydrogen (secondary N) is 1. The molecule has 0 unspecified atom stereocenters. The standard InChI is InChI=1S/C23H27NO9S/c1-28-17-11-15(12-18(29-2)22(17)32-5)7-8-21(25)24-34(26,27)10-9-16-13-19(30-3)23(33-6)20(14-16)31-4/h7-14H,1-6H3,(H,24,25)/b8-7+,10-9-. The molecule has 10 nitrogen and oxygen atoms in total. The van der Waals surface area contributed by atoms with Gasteiger partial charge in [-0.2, -0.15) is 0 Å². The Balaban J connectivity index is 2.19. The van der Waals surface area contributed by atoms with Gasteiger partial charge in [0.2, 0.25) is 11.5 Å². The fourth-order valence-electron chi connectivity index (χ4n) is 2.94. The highest BCUT2D eigenvalue weighted by Crippen LogP contribution is 2.39. The first-order valence-electron chi connectivity index (χ1n) is 9.74. The maximum atomic E-state index is 12.3. The van der Waals surface area contributed by atoms with E-state index in [1.54, 1.807) is 24.3 Å². The zero-order valence-electron chi connectivity index (χ0n) is 19.7. The van der Waals surface area contributed by atoms with E-state index in [1.807, 2.05) is 4.72 Å². The summed E-state index contributed by atoms with van der Waals surface area (Å²) in [5.74, 6) is 1.42. The quantitative estimate of drug-likeness (QED) is 0.471. The third-order valence-corrected chi connectivity index (χ3v) is 5.46. The molecule has 2 rings (SSSR count). The van der Waals surface area contributed by atoms with Crippen molar-refractivity contribution in [1.29, 1.82) is 0 Å². The van der Waals surface area contributed by atoms with Crippen molar-refractivity contribution in [2.75, 3.05) is 42.7 Å². The summed E-state index contributed by atoms with van der Waals surface area (Å²) >= 11 is 0.